The average Bonchev–Trinajstić information content (AvgIpc) is 2.75. The number of aryl methyl sites for hydroxylation is 2. The molecule has 3 aromatic carbocycles. The van der Waals surface area contributed by atoms with Crippen molar-refractivity contribution in [3.63, 3.8) is 0 Å². The number of methoxy groups -OCH3 is 1. The monoisotopic (exact) mass is 442 g/mol. The maximum atomic E-state index is 13.4. The lowest BCUT2D eigenvalue weighted by molar-refractivity contribution is 0.0950. The number of rotatable bonds is 7. The van der Waals surface area contributed by atoms with Gasteiger partial charge in [0.05, 0.1) is 7.11 Å². The van der Waals surface area contributed by atoms with Gasteiger partial charge in [0.1, 0.15) is 16.5 Å². The summed E-state index contributed by atoms with van der Waals surface area (Å²) in [6.07, 6.45) is 0. The lowest BCUT2D eigenvalue weighted by Gasteiger charge is -2.13. The molecule has 0 unspecified atom stereocenters. The number of ether oxygens (including phenoxy) is 1. The minimum atomic E-state index is -4.00. The number of amides is 1. The van der Waals surface area contributed by atoms with Crippen LogP contribution in [0.5, 0.6) is 5.75 Å². The Kier molecular flexibility index (Phi) is 6.60. The second kappa shape index (κ2) is 9.18. The standard InChI is InChI=1S/C23H23FN2O4S/c1-15-4-8-19(9-5-15)26-31(28,29)22-13-18(7-11-21(22)30-3)23(27)25-14-17-6-10-20(24)16(2)12-17/h4-13,26H,14H2,1-3H3,(H,25,27). The summed E-state index contributed by atoms with van der Waals surface area (Å²) in [5, 5.41) is 2.72. The van der Waals surface area contributed by atoms with Gasteiger partial charge < -0.3 is 10.1 Å². The Morgan fingerprint density at radius 2 is 1.71 bits per heavy atom. The number of anilines is 1. The fourth-order valence-corrected chi connectivity index (χ4v) is 4.22. The van der Waals surface area contributed by atoms with E-state index in [1.165, 1.54) is 31.4 Å². The third kappa shape index (κ3) is 5.40. The van der Waals surface area contributed by atoms with E-state index in [2.05, 4.69) is 10.0 Å². The van der Waals surface area contributed by atoms with Gasteiger partial charge in [-0.2, -0.15) is 0 Å². The Morgan fingerprint density at radius 1 is 1.00 bits per heavy atom. The van der Waals surface area contributed by atoms with Gasteiger partial charge in [0, 0.05) is 17.8 Å². The molecular weight excluding hydrogens is 419 g/mol. The molecule has 0 saturated carbocycles. The van der Waals surface area contributed by atoms with Crippen LogP contribution in [-0.4, -0.2) is 21.4 Å². The molecule has 0 saturated heterocycles. The highest BCUT2D eigenvalue weighted by Gasteiger charge is 2.22. The van der Waals surface area contributed by atoms with Gasteiger partial charge in [-0.05, 0) is 61.4 Å². The lowest BCUT2D eigenvalue weighted by Crippen LogP contribution is -2.23. The van der Waals surface area contributed by atoms with Crippen LogP contribution in [0.25, 0.3) is 0 Å². The first-order valence-electron chi connectivity index (χ1n) is 9.50. The molecule has 0 fully saturated rings. The highest BCUT2D eigenvalue weighted by Crippen LogP contribution is 2.27. The lowest BCUT2D eigenvalue weighted by atomic mass is 10.1. The van der Waals surface area contributed by atoms with Crippen molar-refractivity contribution in [1.82, 2.24) is 5.32 Å². The smallest absolute Gasteiger partial charge is 0.265 e. The van der Waals surface area contributed by atoms with Crippen LogP contribution in [0.1, 0.15) is 27.0 Å². The normalized spacial score (nSPS) is 11.1. The Balaban J connectivity index is 1.82. The highest BCUT2D eigenvalue weighted by molar-refractivity contribution is 7.92. The van der Waals surface area contributed by atoms with E-state index >= 15 is 0 Å². The summed E-state index contributed by atoms with van der Waals surface area (Å²) in [4.78, 5) is 12.5. The molecule has 0 radical (unpaired) electrons. The van der Waals surface area contributed by atoms with Crippen molar-refractivity contribution in [2.45, 2.75) is 25.3 Å². The molecule has 0 heterocycles. The summed E-state index contributed by atoms with van der Waals surface area (Å²) >= 11 is 0. The van der Waals surface area contributed by atoms with Crippen LogP contribution < -0.4 is 14.8 Å². The van der Waals surface area contributed by atoms with Gasteiger partial charge in [0.25, 0.3) is 15.9 Å². The summed E-state index contributed by atoms with van der Waals surface area (Å²) in [7, 11) is -2.64. The van der Waals surface area contributed by atoms with Gasteiger partial charge in [-0.1, -0.05) is 29.8 Å². The largest absolute Gasteiger partial charge is 0.495 e. The van der Waals surface area contributed by atoms with Crippen LogP contribution in [0.2, 0.25) is 0 Å². The van der Waals surface area contributed by atoms with Crippen LogP contribution in [0.4, 0.5) is 10.1 Å². The molecule has 3 aromatic rings. The van der Waals surface area contributed by atoms with Crippen molar-refractivity contribution in [1.29, 1.82) is 0 Å². The maximum absolute atomic E-state index is 13.4. The molecule has 0 aliphatic carbocycles. The van der Waals surface area contributed by atoms with Crippen molar-refractivity contribution < 1.29 is 22.3 Å². The van der Waals surface area contributed by atoms with Crippen LogP contribution >= 0.6 is 0 Å². The Labute approximate surface area is 181 Å². The van der Waals surface area contributed by atoms with E-state index in [4.69, 9.17) is 4.74 Å². The third-order valence-electron chi connectivity index (χ3n) is 4.69. The predicted molar refractivity (Wildman–Crippen MR) is 117 cm³/mol. The minimum absolute atomic E-state index is 0.116. The third-order valence-corrected chi connectivity index (χ3v) is 6.10. The van der Waals surface area contributed by atoms with Gasteiger partial charge in [-0.15, -0.1) is 0 Å². The molecule has 8 heteroatoms. The molecule has 0 aliphatic rings. The van der Waals surface area contributed by atoms with E-state index < -0.39 is 15.9 Å². The van der Waals surface area contributed by atoms with Crippen LogP contribution in [0.3, 0.4) is 0 Å². The second-order valence-electron chi connectivity index (χ2n) is 7.10. The zero-order valence-corrected chi connectivity index (χ0v) is 18.2. The Bertz CT molecular complexity index is 1210. The van der Waals surface area contributed by atoms with E-state index in [0.29, 0.717) is 11.3 Å². The fraction of sp³-hybridized carbons (Fsp3) is 0.174. The van der Waals surface area contributed by atoms with Gasteiger partial charge in [0.2, 0.25) is 0 Å². The molecule has 6 nitrogen and oxygen atoms in total. The molecule has 0 bridgehead atoms. The number of nitrogens with one attached hydrogen (secondary N) is 2. The van der Waals surface area contributed by atoms with Crippen molar-refractivity contribution in [3.05, 3.63) is 88.7 Å². The van der Waals surface area contributed by atoms with Gasteiger partial charge in [0.15, 0.2) is 0 Å². The number of halogens is 1. The Hall–Kier alpha value is -3.39. The number of carbonyl (C=O) groups excluding carboxylic acids is 1. The number of hydrogen-bond donors (Lipinski definition) is 2. The molecule has 0 aromatic heterocycles. The van der Waals surface area contributed by atoms with Crippen LogP contribution in [0.15, 0.2) is 65.6 Å². The zero-order chi connectivity index (χ0) is 22.6. The fourth-order valence-electron chi connectivity index (χ4n) is 2.96. The average molecular weight is 443 g/mol. The molecule has 31 heavy (non-hydrogen) atoms. The predicted octanol–water partition coefficient (Wildman–Crippen LogP) is 4.18. The summed E-state index contributed by atoms with van der Waals surface area (Å²) < 4.78 is 47.0. The maximum Gasteiger partial charge on any atom is 0.265 e. The number of sulfonamides is 1. The summed E-state index contributed by atoms with van der Waals surface area (Å²) in [5.74, 6) is -0.664. The second-order valence-corrected chi connectivity index (χ2v) is 8.75. The van der Waals surface area contributed by atoms with Gasteiger partial charge in [-0.25, -0.2) is 12.8 Å². The molecular formula is C23H23FN2O4S. The summed E-state index contributed by atoms with van der Waals surface area (Å²) in [6, 6.07) is 15.6. The highest BCUT2D eigenvalue weighted by atomic mass is 32.2. The minimum Gasteiger partial charge on any atom is -0.495 e. The van der Waals surface area contributed by atoms with E-state index in [9.17, 15) is 17.6 Å². The first-order chi connectivity index (χ1) is 14.7. The number of carbonyl (C=O) groups is 1. The molecule has 1 amide bonds. The van der Waals surface area contributed by atoms with Crippen molar-refractivity contribution in [2.24, 2.45) is 0 Å². The van der Waals surface area contributed by atoms with Gasteiger partial charge >= 0.3 is 0 Å². The number of benzene rings is 3. The molecule has 3 rings (SSSR count). The quantitative estimate of drug-likeness (QED) is 0.575. The van der Waals surface area contributed by atoms with Crippen molar-refractivity contribution in [2.75, 3.05) is 11.8 Å². The zero-order valence-electron chi connectivity index (χ0n) is 17.4. The summed E-state index contributed by atoms with van der Waals surface area (Å²) in [6.45, 7) is 3.72. The van der Waals surface area contributed by atoms with Gasteiger partial charge in [-0.3, -0.25) is 9.52 Å². The summed E-state index contributed by atoms with van der Waals surface area (Å²) in [5.41, 5.74) is 2.76. The first kappa shape index (κ1) is 22.3. The molecule has 0 atom stereocenters. The molecule has 0 spiro atoms. The molecule has 0 aliphatic heterocycles. The first-order valence-corrected chi connectivity index (χ1v) is 11.0. The Morgan fingerprint density at radius 3 is 2.35 bits per heavy atom. The van der Waals surface area contributed by atoms with Crippen molar-refractivity contribution in [3.8, 4) is 5.75 Å². The van der Waals surface area contributed by atoms with E-state index in [-0.39, 0.29) is 28.6 Å². The van der Waals surface area contributed by atoms with Crippen LogP contribution in [0, 0.1) is 19.7 Å². The van der Waals surface area contributed by atoms with E-state index in [1.54, 1.807) is 43.3 Å². The molecule has 162 valence electrons. The SMILES string of the molecule is COc1ccc(C(=O)NCc2ccc(F)c(C)c2)cc1S(=O)(=O)Nc1ccc(C)cc1. The number of hydrogen-bond acceptors (Lipinski definition) is 4. The van der Waals surface area contributed by atoms with Crippen molar-refractivity contribution >= 4 is 21.6 Å². The van der Waals surface area contributed by atoms with Crippen LogP contribution in [-0.2, 0) is 16.6 Å². The topological polar surface area (TPSA) is 84.5 Å². The van der Waals surface area contributed by atoms with E-state index in [0.717, 1.165) is 11.1 Å². The molecule has 2 N–H and O–H groups in total. The van der Waals surface area contributed by atoms with E-state index in [1.807, 2.05) is 6.92 Å².